The second-order valence-corrected chi connectivity index (χ2v) is 5.23. The first-order valence-electron chi connectivity index (χ1n) is 6.15. The molecule has 2 aromatic heterocycles. The Morgan fingerprint density at radius 3 is 2.90 bits per heavy atom. The monoisotopic (exact) mass is 300 g/mol. The Morgan fingerprint density at radius 2 is 2.10 bits per heavy atom. The van der Waals surface area contributed by atoms with E-state index in [4.69, 9.17) is 10.5 Å². The number of pyridine rings is 1. The molecule has 7 heteroatoms. The van der Waals surface area contributed by atoms with E-state index >= 15 is 0 Å². The van der Waals surface area contributed by atoms with Gasteiger partial charge in [-0.3, -0.25) is 4.40 Å². The third kappa shape index (κ3) is 2.43. The van der Waals surface area contributed by atoms with Gasteiger partial charge >= 0.3 is 5.97 Å². The number of methoxy groups -OCH3 is 1. The number of nitrogen functional groups attached to an aromatic ring is 1. The van der Waals surface area contributed by atoms with Crippen molar-refractivity contribution in [2.45, 2.75) is 10.1 Å². The predicted octanol–water partition coefficient (Wildman–Crippen LogP) is 2.25. The SMILES string of the molecule is COC(=O)c1cccc(Sc2nnc3ccccn23)c1N. The maximum atomic E-state index is 11.7. The molecule has 0 radical (unpaired) electrons. The molecule has 0 aliphatic rings. The van der Waals surface area contributed by atoms with Crippen LogP contribution in [0.25, 0.3) is 5.65 Å². The van der Waals surface area contributed by atoms with Crippen molar-refractivity contribution >= 4 is 29.1 Å². The highest BCUT2D eigenvalue weighted by atomic mass is 32.2. The number of aromatic nitrogens is 3. The number of fused-ring (bicyclic) bond motifs is 1. The van der Waals surface area contributed by atoms with Crippen LogP contribution in [-0.2, 0) is 4.74 Å². The van der Waals surface area contributed by atoms with Gasteiger partial charge in [0.15, 0.2) is 5.65 Å². The number of hydrogen-bond acceptors (Lipinski definition) is 6. The van der Waals surface area contributed by atoms with E-state index in [1.165, 1.54) is 18.9 Å². The number of ether oxygens (including phenoxy) is 1. The Morgan fingerprint density at radius 1 is 1.24 bits per heavy atom. The van der Waals surface area contributed by atoms with Gasteiger partial charge in [0.05, 0.1) is 18.4 Å². The molecule has 3 rings (SSSR count). The summed E-state index contributed by atoms with van der Waals surface area (Å²) in [6.07, 6.45) is 1.87. The quantitative estimate of drug-likeness (QED) is 0.590. The molecule has 0 unspecified atom stereocenters. The van der Waals surface area contributed by atoms with Crippen molar-refractivity contribution in [3.8, 4) is 0 Å². The molecule has 6 nitrogen and oxygen atoms in total. The number of nitrogens with zero attached hydrogens (tertiary/aromatic N) is 3. The number of hydrogen-bond donors (Lipinski definition) is 1. The molecular weight excluding hydrogens is 288 g/mol. The lowest BCUT2D eigenvalue weighted by molar-refractivity contribution is 0.0601. The number of carbonyl (C=O) groups excluding carboxylic acids is 1. The molecular formula is C14H12N4O2S. The fraction of sp³-hybridized carbons (Fsp3) is 0.0714. The van der Waals surface area contributed by atoms with E-state index in [9.17, 15) is 4.79 Å². The van der Waals surface area contributed by atoms with Gasteiger partial charge in [0.1, 0.15) is 0 Å². The van der Waals surface area contributed by atoms with E-state index in [1.54, 1.807) is 12.1 Å². The van der Waals surface area contributed by atoms with E-state index < -0.39 is 5.97 Å². The van der Waals surface area contributed by atoms with E-state index in [-0.39, 0.29) is 0 Å². The molecule has 0 saturated carbocycles. The molecule has 0 atom stereocenters. The molecule has 106 valence electrons. The van der Waals surface area contributed by atoms with Crippen LogP contribution in [0.15, 0.2) is 52.6 Å². The number of rotatable bonds is 3. The summed E-state index contributed by atoms with van der Waals surface area (Å²) in [5.41, 5.74) is 7.51. The molecule has 3 aromatic rings. The lowest BCUT2D eigenvalue weighted by atomic mass is 10.2. The van der Waals surface area contributed by atoms with E-state index in [0.717, 1.165) is 10.5 Å². The van der Waals surface area contributed by atoms with Crippen LogP contribution < -0.4 is 5.73 Å². The second kappa shape index (κ2) is 5.45. The fourth-order valence-corrected chi connectivity index (χ4v) is 2.81. The summed E-state index contributed by atoms with van der Waals surface area (Å²) in [6.45, 7) is 0. The molecule has 1 aromatic carbocycles. The van der Waals surface area contributed by atoms with Crippen LogP contribution in [0.1, 0.15) is 10.4 Å². The van der Waals surface area contributed by atoms with Gasteiger partial charge in [-0.15, -0.1) is 10.2 Å². The van der Waals surface area contributed by atoms with Gasteiger partial charge in [-0.05, 0) is 36.0 Å². The van der Waals surface area contributed by atoms with Gasteiger partial charge in [0.25, 0.3) is 0 Å². The molecule has 21 heavy (non-hydrogen) atoms. The normalized spacial score (nSPS) is 10.7. The van der Waals surface area contributed by atoms with Crippen molar-refractivity contribution in [2.75, 3.05) is 12.8 Å². The summed E-state index contributed by atoms with van der Waals surface area (Å²) in [6, 6.07) is 10.9. The summed E-state index contributed by atoms with van der Waals surface area (Å²) in [7, 11) is 1.33. The zero-order valence-corrected chi connectivity index (χ0v) is 12.0. The van der Waals surface area contributed by atoms with Crippen LogP contribution in [0, 0.1) is 0 Å². The summed E-state index contributed by atoms with van der Waals surface area (Å²) in [5, 5.41) is 8.89. The second-order valence-electron chi connectivity index (χ2n) is 4.22. The zero-order valence-electron chi connectivity index (χ0n) is 11.2. The summed E-state index contributed by atoms with van der Waals surface area (Å²) >= 11 is 1.35. The molecule has 0 fully saturated rings. The average molecular weight is 300 g/mol. The summed E-state index contributed by atoms with van der Waals surface area (Å²) in [5.74, 6) is -0.457. The Kier molecular flexibility index (Phi) is 3.49. The van der Waals surface area contributed by atoms with E-state index in [0.29, 0.717) is 16.4 Å². The van der Waals surface area contributed by atoms with Crippen molar-refractivity contribution in [3.63, 3.8) is 0 Å². The largest absolute Gasteiger partial charge is 0.465 e. The van der Waals surface area contributed by atoms with Crippen molar-refractivity contribution in [1.29, 1.82) is 0 Å². The van der Waals surface area contributed by atoms with Gasteiger partial charge in [0, 0.05) is 11.1 Å². The van der Waals surface area contributed by atoms with Crippen molar-refractivity contribution in [1.82, 2.24) is 14.6 Å². The Balaban J connectivity index is 2.00. The minimum absolute atomic E-state index is 0.344. The predicted molar refractivity (Wildman–Crippen MR) is 79.3 cm³/mol. The van der Waals surface area contributed by atoms with Gasteiger partial charge in [0.2, 0.25) is 5.16 Å². The molecule has 2 N–H and O–H groups in total. The first-order valence-corrected chi connectivity index (χ1v) is 6.97. The summed E-state index contributed by atoms with van der Waals surface area (Å²) in [4.78, 5) is 12.4. The molecule has 0 saturated heterocycles. The maximum absolute atomic E-state index is 11.7. The molecule has 0 spiro atoms. The third-order valence-corrected chi connectivity index (χ3v) is 3.99. The number of nitrogens with two attached hydrogens (primary N) is 1. The van der Waals surface area contributed by atoms with Gasteiger partial charge in [-0.2, -0.15) is 0 Å². The Labute approximate surface area is 124 Å². The van der Waals surface area contributed by atoms with Crippen LogP contribution in [0.2, 0.25) is 0 Å². The summed E-state index contributed by atoms with van der Waals surface area (Å²) < 4.78 is 6.57. The average Bonchev–Trinajstić information content (AvgIpc) is 2.92. The van der Waals surface area contributed by atoms with Crippen molar-refractivity contribution in [3.05, 3.63) is 48.2 Å². The van der Waals surface area contributed by atoms with Crippen molar-refractivity contribution in [2.24, 2.45) is 0 Å². The Hall–Kier alpha value is -2.54. The van der Waals surface area contributed by atoms with E-state index in [2.05, 4.69) is 10.2 Å². The molecule has 2 heterocycles. The van der Waals surface area contributed by atoms with Crippen LogP contribution in [0.5, 0.6) is 0 Å². The molecule has 0 aliphatic carbocycles. The van der Waals surface area contributed by atoms with Crippen LogP contribution in [-0.4, -0.2) is 27.7 Å². The van der Waals surface area contributed by atoms with Gasteiger partial charge in [-0.1, -0.05) is 12.1 Å². The first-order chi connectivity index (χ1) is 10.2. The van der Waals surface area contributed by atoms with Gasteiger partial charge < -0.3 is 10.5 Å². The lowest BCUT2D eigenvalue weighted by Crippen LogP contribution is -2.06. The van der Waals surface area contributed by atoms with Crippen LogP contribution in [0.3, 0.4) is 0 Å². The minimum Gasteiger partial charge on any atom is -0.465 e. The number of esters is 1. The number of benzene rings is 1. The topological polar surface area (TPSA) is 82.5 Å². The van der Waals surface area contributed by atoms with Crippen LogP contribution in [0.4, 0.5) is 5.69 Å². The highest BCUT2D eigenvalue weighted by Gasteiger charge is 2.15. The highest BCUT2D eigenvalue weighted by molar-refractivity contribution is 7.99. The first kappa shape index (κ1) is 13.4. The van der Waals surface area contributed by atoms with Crippen LogP contribution >= 0.6 is 11.8 Å². The number of anilines is 1. The minimum atomic E-state index is -0.457. The Bertz CT molecular complexity index is 816. The number of carbonyl (C=O) groups is 1. The van der Waals surface area contributed by atoms with Crippen molar-refractivity contribution < 1.29 is 9.53 Å². The lowest BCUT2D eigenvalue weighted by Gasteiger charge is -2.08. The van der Waals surface area contributed by atoms with E-state index in [1.807, 2.05) is 34.9 Å². The smallest absolute Gasteiger partial charge is 0.339 e. The standard InChI is InChI=1S/C14H12N4O2S/c1-20-13(19)9-5-4-6-10(12(9)15)21-14-17-16-11-7-2-3-8-18(11)14/h2-8H,15H2,1H3. The highest BCUT2D eigenvalue weighted by Crippen LogP contribution is 2.33. The maximum Gasteiger partial charge on any atom is 0.339 e. The third-order valence-electron chi connectivity index (χ3n) is 2.96. The molecule has 0 aliphatic heterocycles. The molecule has 0 bridgehead atoms. The number of para-hydroxylation sites is 1. The molecule has 0 amide bonds. The fourth-order valence-electron chi connectivity index (χ4n) is 1.91. The zero-order chi connectivity index (χ0) is 14.8. The van der Waals surface area contributed by atoms with Gasteiger partial charge in [-0.25, -0.2) is 4.79 Å².